The molecule has 11 aliphatic heterocycles. The summed E-state index contributed by atoms with van der Waals surface area (Å²) in [7, 11) is 0. The van der Waals surface area contributed by atoms with E-state index in [4.69, 9.17) is 95.5 Å². The van der Waals surface area contributed by atoms with Crippen LogP contribution in [0.15, 0.2) is 63.3 Å². The van der Waals surface area contributed by atoms with Gasteiger partial charge in [0.2, 0.25) is 0 Å². The molecule has 26 atom stereocenters. The van der Waals surface area contributed by atoms with E-state index in [1.165, 1.54) is 0 Å². The zero-order chi connectivity index (χ0) is 68.4. The normalized spacial score (nSPS) is 43.2. The van der Waals surface area contributed by atoms with Crippen molar-refractivity contribution in [3.63, 3.8) is 0 Å². The number of ether oxygens (including phenoxy) is 18. The number of aliphatic hydroxyl groups excluding tert-OH is 6. The third kappa shape index (κ3) is 18.7. The van der Waals surface area contributed by atoms with Gasteiger partial charge in [0.15, 0.2) is 65.7 Å². The average molecular weight is 1320 g/mol. The van der Waals surface area contributed by atoms with Crippen LogP contribution in [0.2, 0.25) is 0 Å². The Morgan fingerprint density at radius 2 is 0.848 bits per heavy atom. The Morgan fingerprint density at radius 1 is 0.435 bits per heavy atom. The molecule has 24 heteroatoms. The number of fused-ring (bicyclic) bond motifs is 4. The second-order valence-corrected chi connectivity index (χ2v) is 29.1. The molecule has 0 spiro atoms. The fourth-order valence-corrected chi connectivity index (χ4v) is 13.5. The lowest BCUT2D eigenvalue weighted by molar-refractivity contribution is -0.232. The van der Waals surface area contributed by atoms with Gasteiger partial charge in [-0.3, -0.25) is 0 Å². The van der Waals surface area contributed by atoms with Crippen LogP contribution in [0.1, 0.15) is 131 Å². The van der Waals surface area contributed by atoms with Crippen molar-refractivity contribution in [3.8, 4) is 0 Å². The van der Waals surface area contributed by atoms with E-state index in [0.717, 1.165) is 12.8 Å². The van der Waals surface area contributed by atoms with Gasteiger partial charge >= 0.3 is 0 Å². The highest BCUT2D eigenvalue weighted by atomic mass is 16.9. The summed E-state index contributed by atoms with van der Waals surface area (Å²) in [6.07, 6.45) is 5.45. The topological polar surface area (TPSA) is 288 Å². The van der Waals surface area contributed by atoms with Crippen LogP contribution in [0, 0.1) is 47.3 Å². The molecule has 0 amide bonds. The quantitative estimate of drug-likeness (QED) is 0.0992. The summed E-state index contributed by atoms with van der Waals surface area (Å²) < 4.78 is 103. The van der Waals surface area contributed by atoms with Gasteiger partial charge in [-0.2, -0.15) is 0 Å². The van der Waals surface area contributed by atoms with Crippen molar-refractivity contribution in [2.45, 2.75) is 282 Å². The van der Waals surface area contributed by atoms with E-state index in [-0.39, 0.29) is 135 Å². The van der Waals surface area contributed by atoms with Crippen molar-refractivity contribution in [3.05, 3.63) is 63.3 Å². The predicted molar refractivity (Wildman–Crippen MR) is 334 cm³/mol. The van der Waals surface area contributed by atoms with E-state index >= 15 is 0 Å². The van der Waals surface area contributed by atoms with Crippen LogP contribution >= 0.6 is 0 Å². The minimum absolute atomic E-state index is 0.00912. The van der Waals surface area contributed by atoms with Gasteiger partial charge in [-0.25, -0.2) is 0 Å². The van der Waals surface area contributed by atoms with E-state index in [1.54, 1.807) is 26.0 Å². The van der Waals surface area contributed by atoms with Crippen molar-refractivity contribution in [2.75, 3.05) is 39.6 Å². The molecule has 92 heavy (non-hydrogen) atoms. The first kappa shape index (κ1) is 77.1. The Balaban J connectivity index is 0.000000159. The molecule has 0 aromatic carbocycles. The number of hydrogen-bond acceptors (Lipinski definition) is 24. The lowest BCUT2D eigenvalue weighted by Crippen LogP contribution is -2.42. The lowest BCUT2D eigenvalue weighted by atomic mass is 9.90. The standard InChI is InChI=1S/C14H22O5.C13H22O6.C13H20O3.C12H20O6.C9H16O2.C7H14O2/c1-6-8-10(9-7-15-13(2,3)17-9)16-12-11(8)18-14(4,5)19-12;1-12(2)15-6-8(17-12)9-7(5-14)10-11(16-9)19-13(3,4)18-10;1-6-8(3)10-9(7-2)11-12(14-10)16-13(4,5)15-11;1-11(2)14-5-6(16-11)8-7(13)9-10(15-8)18-12(3,4)17-9;1-4-7(3)9(11)8(5-2)6-10;1-5-2-3-6(4-8)7(5)9/h6,8-12H,1,7H2,2-5H3;7-11,14H,5-6H2,1-4H3;6-12H,1-2H2,3-5H3;6-10,13H,5H2,1-4H3;4-5,7-11H,1-2,6H2,3H3;5-9H,2-4H2,1H3/t8-,9?,10+,11-,12-;7-,8?,9+,10-,11-;8?,9-,10-,11-,12-;6?,7-,8+,9+,10+;7?,8-,9+;5?,6-,7+/m111000/s1. The minimum Gasteiger partial charge on any atom is -0.396 e. The first-order chi connectivity index (χ1) is 42.8. The van der Waals surface area contributed by atoms with Gasteiger partial charge in [-0.05, 0) is 116 Å². The third-order valence-electron chi connectivity index (χ3n) is 18.5. The van der Waals surface area contributed by atoms with Crippen molar-refractivity contribution >= 4 is 0 Å². The smallest absolute Gasteiger partial charge is 0.190 e. The SMILES string of the molecule is C=CC(C)[C@@H](O)[C@@H](C=C)CO.C=CC(C)[C@H]1O[C@@H]2OC(C)(C)O[C@@H]2[C@@H]1C=C.C=C[C@H]1[C@H]2OC(C)(C)O[C@H]2O[C@@H]1C1COC(C)(C)O1.CC1(C)OCC([C@H]2O[C@@H]3OC(C)(C)O[C@@H]3[C@@H]2CO)O1.CC1(C)OCC([C@H]2O[C@@H]3OC(C)(C)O[C@@H]3[C@H]2O)O1.CC1CC[C@@H](CO)[C@@H]1O. The molecule has 0 aromatic heterocycles. The molecule has 12 fully saturated rings. The lowest BCUT2D eigenvalue weighted by Gasteiger charge is -2.28. The van der Waals surface area contributed by atoms with Gasteiger partial charge in [0.25, 0.3) is 0 Å². The van der Waals surface area contributed by atoms with Crippen molar-refractivity contribution in [2.24, 2.45) is 47.3 Å². The van der Waals surface area contributed by atoms with Crippen LogP contribution in [0.4, 0.5) is 0 Å². The summed E-state index contributed by atoms with van der Waals surface area (Å²) >= 11 is 0. The van der Waals surface area contributed by atoms with E-state index in [1.807, 2.05) is 115 Å². The zero-order valence-electron chi connectivity index (χ0n) is 57.6. The van der Waals surface area contributed by atoms with E-state index in [0.29, 0.717) is 25.7 Å². The molecule has 12 aliphatic rings. The molecule has 24 nitrogen and oxygen atoms in total. The molecule has 1 saturated carbocycles. The largest absolute Gasteiger partial charge is 0.396 e. The van der Waals surface area contributed by atoms with Gasteiger partial charge < -0.3 is 116 Å². The van der Waals surface area contributed by atoms with Crippen LogP contribution in [0.5, 0.6) is 0 Å². The summed E-state index contributed by atoms with van der Waals surface area (Å²) in [5.41, 5.74) is 0. The van der Waals surface area contributed by atoms with Crippen LogP contribution in [0.3, 0.4) is 0 Å². The highest BCUT2D eigenvalue weighted by molar-refractivity contribution is 5.06. The predicted octanol–water partition coefficient (Wildman–Crippen LogP) is 6.65. The van der Waals surface area contributed by atoms with Gasteiger partial charge in [-0.15, -0.1) is 32.9 Å². The number of hydrogen-bond donors (Lipinski definition) is 6. The van der Waals surface area contributed by atoms with E-state index in [9.17, 15) is 20.4 Å². The molecule has 0 bridgehead atoms. The Bertz CT molecular complexity index is 2400. The van der Waals surface area contributed by atoms with Crippen LogP contribution in [-0.4, -0.2) is 221 Å². The molecule has 6 unspecified atom stereocenters. The molecule has 11 saturated heterocycles. The first-order valence-electron chi connectivity index (χ1n) is 32.8. The average Bonchev–Trinajstić information content (AvgIpc) is 1.64. The summed E-state index contributed by atoms with van der Waals surface area (Å²) in [6.45, 7) is 52.1. The maximum atomic E-state index is 10.3. The molecule has 0 radical (unpaired) electrons. The van der Waals surface area contributed by atoms with E-state index in [2.05, 4.69) is 39.8 Å². The van der Waals surface area contributed by atoms with Gasteiger partial charge in [0.05, 0.1) is 63.6 Å². The summed E-state index contributed by atoms with van der Waals surface area (Å²) in [4.78, 5) is 0. The maximum Gasteiger partial charge on any atom is 0.190 e. The number of aliphatic hydroxyl groups is 6. The highest BCUT2D eigenvalue weighted by Gasteiger charge is 2.61. The van der Waals surface area contributed by atoms with Gasteiger partial charge in [0, 0.05) is 48.0 Å². The fourth-order valence-electron chi connectivity index (χ4n) is 13.5. The third-order valence-corrected chi connectivity index (χ3v) is 18.5. The second-order valence-electron chi connectivity index (χ2n) is 29.1. The zero-order valence-corrected chi connectivity index (χ0v) is 57.6. The van der Waals surface area contributed by atoms with Crippen LogP contribution in [0.25, 0.3) is 0 Å². The van der Waals surface area contributed by atoms with Gasteiger partial charge in [0.1, 0.15) is 54.9 Å². The Kier molecular flexibility index (Phi) is 25.9. The van der Waals surface area contributed by atoms with E-state index < -0.39 is 77.5 Å². The summed E-state index contributed by atoms with van der Waals surface area (Å²) in [6, 6.07) is 0. The fraction of sp³-hybridized carbons (Fsp3) is 0.853. The Hall–Kier alpha value is -2.26. The molecule has 12 rings (SSSR count). The van der Waals surface area contributed by atoms with Crippen molar-refractivity contribution < 1.29 is 116 Å². The Morgan fingerprint density at radius 3 is 1.23 bits per heavy atom. The highest BCUT2D eigenvalue weighted by Crippen LogP contribution is 2.47. The van der Waals surface area contributed by atoms with Crippen LogP contribution in [-0.2, 0) is 85.3 Å². The Labute approximate surface area is 546 Å². The van der Waals surface area contributed by atoms with Gasteiger partial charge in [-0.1, -0.05) is 51.2 Å². The second kappa shape index (κ2) is 30.9. The molecule has 0 aromatic rings. The first-order valence-corrected chi connectivity index (χ1v) is 32.8. The molecular weight excluding hydrogens is 1200 g/mol. The van der Waals surface area contributed by atoms with Crippen molar-refractivity contribution in [1.29, 1.82) is 0 Å². The molecule has 6 N–H and O–H groups in total. The molecule has 11 heterocycles. The minimum atomic E-state index is -0.765. The molecular formula is C68H114O24. The number of rotatable bonds is 14. The summed E-state index contributed by atoms with van der Waals surface area (Å²) in [5, 5.41) is 56.1. The monoisotopic (exact) mass is 1310 g/mol. The molecule has 1 aliphatic carbocycles. The maximum absolute atomic E-state index is 10.3. The van der Waals surface area contributed by atoms with Crippen LogP contribution < -0.4 is 0 Å². The molecule has 530 valence electrons. The summed E-state index contributed by atoms with van der Waals surface area (Å²) in [5.74, 6) is -3.72. The van der Waals surface area contributed by atoms with Crippen molar-refractivity contribution in [1.82, 2.24) is 0 Å².